The summed E-state index contributed by atoms with van der Waals surface area (Å²) in [5.41, 5.74) is 0. The van der Waals surface area contributed by atoms with Crippen LogP contribution in [0.4, 0.5) is 0 Å². The normalized spacial score (nSPS) is 14.3. The van der Waals surface area contributed by atoms with Gasteiger partial charge in [-0.3, -0.25) is 13.8 Å². The van der Waals surface area contributed by atoms with Crippen LogP contribution in [-0.2, 0) is 27.9 Å². The maximum Gasteiger partial charge on any atom is 0.472 e. The molecular weight excluding hydrogens is 734 g/mol. The molecule has 0 heterocycles. The fourth-order valence-electron chi connectivity index (χ4n) is 6.05. The minimum absolute atomic E-state index is 0.0861. The largest absolute Gasteiger partial charge is 0.472 e. The highest BCUT2D eigenvalue weighted by Crippen LogP contribution is 2.43. The van der Waals surface area contributed by atoms with Gasteiger partial charge >= 0.3 is 13.8 Å². The van der Waals surface area contributed by atoms with Gasteiger partial charge < -0.3 is 18.9 Å². The molecule has 0 amide bonds. The molecule has 0 aromatic carbocycles. The number of nitrogens with zero attached hydrogens (tertiary/aromatic N) is 1. The zero-order valence-electron chi connectivity index (χ0n) is 37.6. The van der Waals surface area contributed by atoms with E-state index in [1.165, 1.54) is 89.9 Å². The number of likely N-dealkylation sites (N-methyl/N-ethyl adjacent to an activating group) is 1. The van der Waals surface area contributed by atoms with Crippen molar-refractivity contribution in [3.05, 3.63) is 60.8 Å². The molecule has 0 rings (SSSR count). The van der Waals surface area contributed by atoms with Crippen LogP contribution in [0.15, 0.2) is 60.8 Å². The Labute approximate surface area is 351 Å². The third kappa shape index (κ3) is 45.1. The SMILES string of the molecule is CC/C=C\C/C=C\C/C=C\C/C=C\C/C=C\CCCCCCCCCCCC(=O)OC(COCCCCCCCCCCCC)COP(=O)(O)OCC[N+](C)(C)C. The van der Waals surface area contributed by atoms with Crippen molar-refractivity contribution in [2.45, 2.75) is 187 Å². The maximum absolute atomic E-state index is 12.7. The Hall–Kier alpha value is -1.80. The highest BCUT2D eigenvalue weighted by atomic mass is 31.2. The molecule has 0 bridgehead atoms. The first kappa shape index (κ1) is 55.2. The van der Waals surface area contributed by atoms with Crippen LogP contribution in [0, 0.1) is 0 Å². The highest BCUT2D eigenvalue weighted by Gasteiger charge is 2.26. The van der Waals surface area contributed by atoms with Crippen molar-refractivity contribution in [2.24, 2.45) is 0 Å². The molecule has 0 fully saturated rings. The number of allylic oxidation sites excluding steroid dienone is 10. The van der Waals surface area contributed by atoms with Crippen molar-refractivity contribution in [1.29, 1.82) is 0 Å². The number of phosphoric ester groups is 1. The number of hydrogen-bond acceptors (Lipinski definition) is 6. The topological polar surface area (TPSA) is 91.3 Å². The molecular formula is C48H89NO7P+. The van der Waals surface area contributed by atoms with Gasteiger partial charge in [-0.15, -0.1) is 0 Å². The van der Waals surface area contributed by atoms with Gasteiger partial charge in [-0.05, 0) is 57.8 Å². The van der Waals surface area contributed by atoms with E-state index in [0.717, 1.165) is 70.6 Å². The summed E-state index contributed by atoms with van der Waals surface area (Å²) in [6.45, 7) is 5.49. The molecule has 0 spiro atoms. The van der Waals surface area contributed by atoms with Crippen molar-refractivity contribution in [3.8, 4) is 0 Å². The third-order valence-electron chi connectivity index (χ3n) is 9.59. The number of hydrogen-bond donors (Lipinski definition) is 1. The molecule has 2 atom stereocenters. The fourth-order valence-corrected chi connectivity index (χ4v) is 6.79. The monoisotopic (exact) mass is 823 g/mol. The van der Waals surface area contributed by atoms with Crippen LogP contribution in [0.3, 0.4) is 0 Å². The first-order valence-electron chi connectivity index (χ1n) is 23.0. The van der Waals surface area contributed by atoms with Crippen LogP contribution in [0.25, 0.3) is 0 Å². The van der Waals surface area contributed by atoms with E-state index in [1.807, 2.05) is 21.1 Å². The van der Waals surface area contributed by atoms with Crippen molar-refractivity contribution in [1.82, 2.24) is 0 Å². The summed E-state index contributed by atoms with van der Waals surface area (Å²) in [7, 11) is 1.66. The van der Waals surface area contributed by atoms with Crippen LogP contribution < -0.4 is 0 Å². The molecule has 8 nitrogen and oxygen atoms in total. The number of phosphoric acid groups is 1. The molecule has 0 aliphatic heterocycles. The number of carbonyl (C=O) groups is 1. The van der Waals surface area contributed by atoms with Gasteiger partial charge in [-0.1, -0.05) is 177 Å². The molecule has 0 aliphatic carbocycles. The number of unbranched alkanes of at least 4 members (excludes halogenated alkanes) is 18. The van der Waals surface area contributed by atoms with E-state index >= 15 is 0 Å². The fraction of sp³-hybridized carbons (Fsp3) is 0.771. The van der Waals surface area contributed by atoms with Gasteiger partial charge in [-0.25, -0.2) is 4.57 Å². The molecule has 0 saturated heterocycles. The van der Waals surface area contributed by atoms with E-state index in [1.54, 1.807) is 0 Å². The Kier molecular flexibility index (Phi) is 39.7. The molecule has 0 radical (unpaired) electrons. The molecule has 332 valence electrons. The molecule has 0 aromatic rings. The van der Waals surface area contributed by atoms with Gasteiger partial charge in [0.1, 0.15) is 19.3 Å². The molecule has 0 aromatic heterocycles. The summed E-state index contributed by atoms with van der Waals surface area (Å²) in [5, 5.41) is 0. The van der Waals surface area contributed by atoms with Gasteiger partial charge in [0.25, 0.3) is 0 Å². The average molecular weight is 823 g/mol. The molecule has 0 saturated carbocycles. The molecule has 9 heteroatoms. The molecule has 1 N–H and O–H groups in total. The van der Waals surface area contributed by atoms with Crippen LogP contribution >= 0.6 is 7.82 Å². The van der Waals surface area contributed by atoms with E-state index in [0.29, 0.717) is 24.1 Å². The molecule has 2 unspecified atom stereocenters. The lowest BCUT2D eigenvalue weighted by Crippen LogP contribution is -2.37. The predicted molar refractivity (Wildman–Crippen MR) is 242 cm³/mol. The Balaban J connectivity index is 4.12. The lowest BCUT2D eigenvalue weighted by molar-refractivity contribution is -0.870. The smallest absolute Gasteiger partial charge is 0.457 e. The van der Waals surface area contributed by atoms with Crippen molar-refractivity contribution >= 4 is 13.8 Å². The summed E-state index contributed by atoms with van der Waals surface area (Å²) in [6.07, 6.45) is 51.1. The second kappa shape index (κ2) is 41.0. The van der Waals surface area contributed by atoms with Crippen LogP contribution in [0.5, 0.6) is 0 Å². The van der Waals surface area contributed by atoms with Gasteiger partial charge in [0, 0.05) is 13.0 Å². The number of rotatable bonds is 42. The van der Waals surface area contributed by atoms with Crippen LogP contribution in [0.1, 0.15) is 181 Å². The summed E-state index contributed by atoms with van der Waals surface area (Å²) >= 11 is 0. The average Bonchev–Trinajstić information content (AvgIpc) is 3.16. The lowest BCUT2D eigenvalue weighted by Gasteiger charge is -2.24. The first-order valence-corrected chi connectivity index (χ1v) is 24.5. The van der Waals surface area contributed by atoms with Crippen molar-refractivity contribution in [2.75, 3.05) is 54.1 Å². The summed E-state index contributed by atoms with van der Waals surface area (Å²) in [5.74, 6) is -0.322. The van der Waals surface area contributed by atoms with E-state index in [4.69, 9.17) is 18.5 Å². The quantitative estimate of drug-likeness (QED) is 0.0215. The van der Waals surface area contributed by atoms with Gasteiger partial charge in [0.15, 0.2) is 0 Å². The van der Waals surface area contributed by atoms with Crippen molar-refractivity contribution in [3.63, 3.8) is 0 Å². The van der Waals surface area contributed by atoms with E-state index in [-0.39, 0.29) is 25.8 Å². The standard InChI is InChI=1S/C48H88NO7P/c1-6-8-10-12-14-16-18-19-20-21-22-23-24-25-26-27-28-29-30-31-32-33-35-37-39-41-48(50)56-47(46-55-57(51,52)54-44-42-49(3,4)5)45-53-43-40-38-36-34-17-15-13-11-9-7-2/h8,10,14,16,19-20,22-23,25-26,47H,6-7,9,11-13,15,17-18,21,24,27-46H2,1-5H3/p+1/b10-8-,16-14-,20-19-,23-22-,26-25-. The highest BCUT2D eigenvalue weighted by molar-refractivity contribution is 7.47. The second-order valence-corrected chi connectivity index (χ2v) is 17.9. The van der Waals surface area contributed by atoms with Crippen LogP contribution in [-0.4, -0.2) is 75.6 Å². The van der Waals surface area contributed by atoms with Crippen molar-refractivity contribution < 1.29 is 37.3 Å². The lowest BCUT2D eigenvalue weighted by atomic mass is 10.1. The van der Waals surface area contributed by atoms with E-state index in [9.17, 15) is 14.3 Å². The number of carbonyl (C=O) groups excluding carboxylic acids is 1. The Morgan fingerprint density at radius 3 is 1.53 bits per heavy atom. The van der Waals surface area contributed by atoms with Gasteiger partial charge in [0.2, 0.25) is 0 Å². The van der Waals surface area contributed by atoms with Gasteiger partial charge in [0.05, 0.1) is 34.4 Å². The van der Waals surface area contributed by atoms with E-state index < -0.39 is 13.9 Å². The second-order valence-electron chi connectivity index (χ2n) is 16.4. The number of quaternary nitrogens is 1. The summed E-state index contributed by atoms with van der Waals surface area (Å²) in [4.78, 5) is 22.9. The third-order valence-corrected chi connectivity index (χ3v) is 10.6. The first-order chi connectivity index (χ1) is 27.6. The summed E-state index contributed by atoms with van der Waals surface area (Å²) < 4.78 is 35.0. The number of ether oxygens (including phenoxy) is 2. The predicted octanol–water partition coefficient (Wildman–Crippen LogP) is 13.7. The van der Waals surface area contributed by atoms with Crippen LogP contribution in [0.2, 0.25) is 0 Å². The minimum Gasteiger partial charge on any atom is -0.457 e. The minimum atomic E-state index is -4.27. The zero-order chi connectivity index (χ0) is 42.0. The Morgan fingerprint density at radius 1 is 0.561 bits per heavy atom. The van der Waals surface area contributed by atoms with Gasteiger partial charge in [-0.2, -0.15) is 0 Å². The van der Waals surface area contributed by atoms with E-state index in [2.05, 4.69) is 74.6 Å². The summed E-state index contributed by atoms with van der Waals surface area (Å²) in [6, 6.07) is 0. The number of esters is 1. The maximum atomic E-state index is 12.7. The zero-order valence-corrected chi connectivity index (χ0v) is 38.5. The molecule has 0 aliphatic rings. The Morgan fingerprint density at radius 2 is 1.02 bits per heavy atom. The molecule has 57 heavy (non-hydrogen) atoms. The Bertz CT molecular complexity index is 1090.